The van der Waals surface area contributed by atoms with Crippen LogP contribution >= 0.6 is 38.5 Å². The van der Waals surface area contributed by atoms with Crippen LogP contribution in [0.5, 0.6) is 0 Å². The summed E-state index contributed by atoms with van der Waals surface area (Å²) in [6, 6.07) is 12.3. The molecular formula is C13H8BrIN2. The van der Waals surface area contributed by atoms with Gasteiger partial charge in [0.2, 0.25) is 0 Å². The van der Waals surface area contributed by atoms with Gasteiger partial charge in [0, 0.05) is 26.0 Å². The van der Waals surface area contributed by atoms with Crippen molar-refractivity contribution in [2.24, 2.45) is 0 Å². The Labute approximate surface area is 121 Å². The van der Waals surface area contributed by atoms with Gasteiger partial charge in [0.25, 0.3) is 0 Å². The molecule has 0 saturated heterocycles. The van der Waals surface area contributed by atoms with Crippen molar-refractivity contribution in [3.05, 3.63) is 56.8 Å². The lowest BCUT2D eigenvalue weighted by Gasteiger charge is -1.95. The third-order valence-corrected chi connectivity index (χ3v) is 3.72. The lowest BCUT2D eigenvalue weighted by atomic mass is 10.2. The van der Waals surface area contributed by atoms with Gasteiger partial charge in [-0.15, -0.1) is 0 Å². The molecule has 0 spiro atoms. The van der Waals surface area contributed by atoms with Gasteiger partial charge in [-0.05, 0) is 46.9 Å². The van der Waals surface area contributed by atoms with Crippen LogP contribution < -0.4 is 0 Å². The van der Waals surface area contributed by atoms with Gasteiger partial charge in [-0.3, -0.25) is 0 Å². The van der Waals surface area contributed by atoms with E-state index < -0.39 is 0 Å². The predicted molar refractivity (Wildman–Crippen MR) is 81.0 cm³/mol. The molecule has 0 N–H and O–H groups in total. The van der Waals surface area contributed by atoms with Crippen molar-refractivity contribution in [1.82, 2.24) is 9.38 Å². The van der Waals surface area contributed by atoms with Crippen LogP contribution in [0.4, 0.5) is 0 Å². The van der Waals surface area contributed by atoms with Crippen LogP contribution in [0.3, 0.4) is 0 Å². The Balaban J connectivity index is 2.14. The molecular weight excluding hydrogens is 391 g/mol. The first kappa shape index (κ1) is 11.2. The molecule has 0 aliphatic carbocycles. The number of benzene rings is 1. The molecule has 0 unspecified atom stereocenters. The van der Waals surface area contributed by atoms with Crippen molar-refractivity contribution in [2.45, 2.75) is 0 Å². The van der Waals surface area contributed by atoms with E-state index in [2.05, 4.69) is 78.5 Å². The summed E-state index contributed by atoms with van der Waals surface area (Å²) in [6.07, 6.45) is 4.13. The number of imidazole rings is 1. The maximum atomic E-state index is 4.60. The van der Waals surface area contributed by atoms with Crippen LogP contribution in [0.2, 0.25) is 0 Å². The van der Waals surface area contributed by atoms with Crippen LogP contribution in [0.1, 0.15) is 0 Å². The highest BCUT2D eigenvalue weighted by molar-refractivity contribution is 14.1. The largest absolute Gasteiger partial charge is 0.305 e. The number of halogens is 2. The van der Waals surface area contributed by atoms with Crippen molar-refractivity contribution in [1.29, 1.82) is 0 Å². The quantitative estimate of drug-likeness (QED) is 0.556. The maximum Gasteiger partial charge on any atom is 0.137 e. The molecule has 1 aromatic carbocycles. The minimum Gasteiger partial charge on any atom is -0.305 e. The third kappa shape index (κ3) is 2.24. The molecule has 2 heterocycles. The number of pyridine rings is 1. The summed E-state index contributed by atoms with van der Waals surface area (Å²) >= 11 is 5.74. The molecule has 17 heavy (non-hydrogen) atoms. The Kier molecular flexibility index (Phi) is 2.92. The Morgan fingerprint density at radius 2 is 1.76 bits per heavy atom. The smallest absolute Gasteiger partial charge is 0.137 e. The summed E-state index contributed by atoms with van der Waals surface area (Å²) in [4.78, 5) is 4.60. The Morgan fingerprint density at radius 1 is 1.00 bits per heavy atom. The van der Waals surface area contributed by atoms with Gasteiger partial charge in [-0.25, -0.2) is 4.98 Å². The highest BCUT2D eigenvalue weighted by Gasteiger charge is 2.04. The van der Waals surface area contributed by atoms with E-state index in [-0.39, 0.29) is 0 Å². The second-order valence-corrected chi connectivity index (χ2v) is 5.91. The van der Waals surface area contributed by atoms with Gasteiger partial charge in [0.1, 0.15) is 5.65 Å². The van der Waals surface area contributed by atoms with E-state index in [1.165, 1.54) is 3.57 Å². The fraction of sp³-hybridized carbons (Fsp3) is 0. The number of hydrogen-bond donors (Lipinski definition) is 0. The first-order valence-electron chi connectivity index (χ1n) is 5.12. The number of nitrogens with zero attached hydrogens (tertiary/aromatic N) is 2. The van der Waals surface area contributed by atoms with Crippen molar-refractivity contribution >= 4 is 44.2 Å². The van der Waals surface area contributed by atoms with E-state index in [4.69, 9.17) is 0 Å². The van der Waals surface area contributed by atoms with E-state index in [0.29, 0.717) is 0 Å². The van der Waals surface area contributed by atoms with Crippen LogP contribution in [0, 0.1) is 3.57 Å². The van der Waals surface area contributed by atoms with E-state index in [1.54, 1.807) is 0 Å². The van der Waals surface area contributed by atoms with Crippen LogP contribution in [0.15, 0.2) is 53.3 Å². The zero-order valence-electron chi connectivity index (χ0n) is 8.77. The first-order chi connectivity index (χ1) is 8.22. The zero-order chi connectivity index (χ0) is 11.8. The molecule has 2 nitrogen and oxygen atoms in total. The molecule has 0 fully saturated rings. The minimum atomic E-state index is 0.975. The summed E-state index contributed by atoms with van der Waals surface area (Å²) in [7, 11) is 0. The van der Waals surface area contributed by atoms with Crippen molar-refractivity contribution in [3.8, 4) is 11.3 Å². The van der Waals surface area contributed by atoms with Gasteiger partial charge in [0.15, 0.2) is 0 Å². The number of hydrogen-bond acceptors (Lipinski definition) is 1. The van der Waals surface area contributed by atoms with Gasteiger partial charge in [-0.2, -0.15) is 0 Å². The molecule has 2 aromatic heterocycles. The van der Waals surface area contributed by atoms with Crippen LogP contribution in [0.25, 0.3) is 16.9 Å². The molecule has 3 aromatic rings. The van der Waals surface area contributed by atoms with E-state index >= 15 is 0 Å². The van der Waals surface area contributed by atoms with Crippen LogP contribution in [-0.4, -0.2) is 9.38 Å². The molecule has 0 saturated carbocycles. The maximum absolute atomic E-state index is 4.60. The standard InChI is InChI=1S/C13H8BrIN2/c14-10-3-1-9(2-4-10)12-8-17-7-11(15)5-6-13(17)16-12/h1-8H. The first-order valence-corrected chi connectivity index (χ1v) is 7.00. The Bertz CT molecular complexity index is 673. The number of aromatic nitrogens is 2. The molecule has 0 radical (unpaired) electrons. The molecule has 0 amide bonds. The topological polar surface area (TPSA) is 17.3 Å². The third-order valence-electron chi connectivity index (χ3n) is 2.55. The van der Waals surface area contributed by atoms with E-state index in [1.807, 2.05) is 18.2 Å². The normalized spacial score (nSPS) is 10.9. The monoisotopic (exact) mass is 398 g/mol. The SMILES string of the molecule is Brc1ccc(-c2cn3cc(I)ccc3n2)cc1. The second kappa shape index (κ2) is 4.42. The van der Waals surface area contributed by atoms with Gasteiger partial charge >= 0.3 is 0 Å². The summed E-state index contributed by atoms with van der Waals surface area (Å²) in [6.45, 7) is 0. The van der Waals surface area contributed by atoms with Gasteiger partial charge in [0.05, 0.1) is 5.69 Å². The lowest BCUT2D eigenvalue weighted by Crippen LogP contribution is -1.82. The molecule has 3 rings (SSSR count). The predicted octanol–water partition coefficient (Wildman–Crippen LogP) is 4.37. The van der Waals surface area contributed by atoms with Crippen molar-refractivity contribution in [2.75, 3.05) is 0 Å². The lowest BCUT2D eigenvalue weighted by molar-refractivity contribution is 1.17. The minimum absolute atomic E-state index is 0.975. The summed E-state index contributed by atoms with van der Waals surface area (Å²) in [5, 5.41) is 0. The van der Waals surface area contributed by atoms with E-state index in [0.717, 1.165) is 21.4 Å². The summed E-state index contributed by atoms with van der Waals surface area (Å²) < 4.78 is 4.34. The Hall–Kier alpha value is -0.880. The summed E-state index contributed by atoms with van der Waals surface area (Å²) in [5.74, 6) is 0. The highest BCUT2D eigenvalue weighted by Crippen LogP contribution is 2.21. The average molecular weight is 399 g/mol. The van der Waals surface area contributed by atoms with Crippen molar-refractivity contribution in [3.63, 3.8) is 0 Å². The van der Waals surface area contributed by atoms with Gasteiger partial charge < -0.3 is 4.40 Å². The second-order valence-electron chi connectivity index (χ2n) is 3.75. The molecule has 0 atom stereocenters. The number of fused-ring (bicyclic) bond motifs is 1. The fourth-order valence-electron chi connectivity index (χ4n) is 1.72. The fourth-order valence-corrected chi connectivity index (χ4v) is 2.47. The van der Waals surface area contributed by atoms with Gasteiger partial charge in [-0.1, -0.05) is 28.1 Å². The average Bonchev–Trinajstić information content (AvgIpc) is 2.72. The molecule has 4 heteroatoms. The zero-order valence-corrected chi connectivity index (χ0v) is 12.5. The van der Waals surface area contributed by atoms with Crippen molar-refractivity contribution < 1.29 is 0 Å². The number of rotatable bonds is 1. The van der Waals surface area contributed by atoms with Crippen LogP contribution in [-0.2, 0) is 0 Å². The molecule has 84 valence electrons. The molecule has 0 aliphatic rings. The highest BCUT2D eigenvalue weighted by atomic mass is 127. The van der Waals surface area contributed by atoms with E-state index in [9.17, 15) is 0 Å². The molecule has 0 bridgehead atoms. The Morgan fingerprint density at radius 3 is 2.53 bits per heavy atom. The summed E-state index contributed by atoms with van der Waals surface area (Å²) in [5.41, 5.74) is 3.11. The molecule has 0 aliphatic heterocycles.